The van der Waals surface area contributed by atoms with Crippen molar-refractivity contribution in [3.63, 3.8) is 0 Å². The minimum atomic E-state index is -0.369. The van der Waals surface area contributed by atoms with Gasteiger partial charge in [-0.25, -0.2) is 0 Å². The van der Waals surface area contributed by atoms with Crippen molar-refractivity contribution < 1.29 is 14.3 Å². The van der Waals surface area contributed by atoms with Gasteiger partial charge in [0.15, 0.2) is 0 Å². The van der Waals surface area contributed by atoms with Gasteiger partial charge in [0, 0.05) is 13.1 Å². The van der Waals surface area contributed by atoms with Gasteiger partial charge in [-0.3, -0.25) is 9.59 Å². The van der Waals surface area contributed by atoms with Crippen molar-refractivity contribution in [2.75, 3.05) is 20.2 Å². The average molecular weight is 367 g/mol. The molecule has 2 aromatic carbocycles. The molecule has 0 bridgehead atoms. The fourth-order valence-electron chi connectivity index (χ4n) is 3.16. The number of hydrogen-bond acceptors (Lipinski definition) is 3. The first-order valence-electron chi connectivity index (χ1n) is 9.62. The van der Waals surface area contributed by atoms with Gasteiger partial charge in [0.25, 0.3) is 0 Å². The summed E-state index contributed by atoms with van der Waals surface area (Å²) in [6.07, 6.45) is 3.29. The molecular weight excluding hydrogens is 338 g/mol. The van der Waals surface area contributed by atoms with Crippen molar-refractivity contribution in [2.24, 2.45) is 0 Å². The summed E-state index contributed by atoms with van der Waals surface area (Å²) in [5.74, 6) is -0.627. The molecule has 0 saturated heterocycles. The molecule has 0 aliphatic carbocycles. The van der Waals surface area contributed by atoms with Crippen molar-refractivity contribution in [1.82, 2.24) is 4.90 Å². The minimum absolute atomic E-state index is 0.0346. The lowest BCUT2D eigenvalue weighted by Crippen LogP contribution is -2.38. The molecule has 0 aliphatic rings. The second-order valence-corrected chi connectivity index (χ2v) is 6.61. The summed E-state index contributed by atoms with van der Waals surface area (Å²) in [6.45, 7) is 3.17. The van der Waals surface area contributed by atoms with E-state index in [1.54, 1.807) is 0 Å². The first-order valence-corrected chi connectivity index (χ1v) is 9.62. The summed E-state index contributed by atoms with van der Waals surface area (Å²) in [4.78, 5) is 26.9. The van der Waals surface area contributed by atoms with Crippen molar-refractivity contribution >= 4 is 11.9 Å². The molecule has 0 heterocycles. The Hall–Kier alpha value is -2.62. The molecule has 0 fully saturated rings. The zero-order valence-electron chi connectivity index (χ0n) is 16.3. The number of ether oxygens (including phenoxy) is 1. The van der Waals surface area contributed by atoms with E-state index < -0.39 is 0 Å². The summed E-state index contributed by atoms with van der Waals surface area (Å²) in [6, 6.07) is 19.7. The molecule has 144 valence electrons. The smallest absolute Gasteiger partial charge is 0.307 e. The van der Waals surface area contributed by atoms with E-state index in [2.05, 4.69) is 6.92 Å². The van der Waals surface area contributed by atoms with E-state index in [-0.39, 0.29) is 24.2 Å². The zero-order valence-corrected chi connectivity index (χ0v) is 16.3. The number of benzene rings is 2. The molecule has 0 saturated carbocycles. The lowest BCUT2D eigenvalue weighted by molar-refractivity contribution is -0.141. The molecule has 4 nitrogen and oxygen atoms in total. The number of carbonyl (C=O) groups is 2. The quantitative estimate of drug-likeness (QED) is 0.462. The van der Waals surface area contributed by atoms with E-state index in [1.807, 2.05) is 65.6 Å². The van der Waals surface area contributed by atoms with Crippen LogP contribution in [0.3, 0.4) is 0 Å². The fraction of sp³-hybridized carbons (Fsp3) is 0.391. The molecule has 0 aromatic heterocycles. The number of carbonyl (C=O) groups excluding carboxylic acids is 2. The molecule has 4 heteroatoms. The molecule has 0 unspecified atom stereocenters. The van der Waals surface area contributed by atoms with Gasteiger partial charge < -0.3 is 9.64 Å². The van der Waals surface area contributed by atoms with E-state index in [9.17, 15) is 9.59 Å². The lowest BCUT2D eigenvalue weighted by atomic mass is 9.90. The number of methoxy groups -OCH3 is 1. The van der Waals surface area contributed by atoms with Crippen LogP contribution < -0.4 is 0 Å². The second-order valence-electron chi connectivity index (χ2n) is 6.61. The lowest BCUT2D eigenvalue weighted by Gasteiger charge is -2.28. The Morgan fingerprint density at radius 1 is 0.889 bits per heavy atom. The maximum Gasteiger partial charge on any atom is 0.307 e. The normalized spacial score (nSPS) is 10.6. The molecule has 0 spiro atoms. The molecule has 0 radical (unpaired) electrons. The van der Waals surface area contributed by atoms with E-state index in [1.165, 1.54) is 7.11 Å². The highest BCUT2D eigenvalue weighted by Crippen LogP contribution is 2.27. The molecule has 0 atom stereocenters. The Morgan fingerprint density at radius 3 is 1.93 bits per heavy atom. The standard InChI is InChI=1S/C23H29NO3/c1-3-4-11-17-24(18-16-21(25)27-2)23(26)22(19-12-7-5-8-13-19)20-14-9-6-10-15-20/h5-10,12-15,22H,3-4,11,16-18H2,1-2H3. The van der Waals surface area contributed by atoms with Gasteiger partial charge in [-0.05, 0) is 17.5 Å². The highest BCUT2D eigenvalue weighted by molar-refractivity contribution is 5.87. The van der Waals surface area contributed by atoms with Crippen molar-refractivity contribution in [3.8, 4) is 0 Å². The van der Waals surface area contributed by atoms with Crippen molar-refractivity contribution in [2.45, 2.75) is 38.5 Å². The van der Waals surface area contributed by atoms with Gasteiger partial charge in [-0.2, -0.15) is 0 Å². The summed E-state index contributed by atoms with van der Waals surface area (Å²) in [5, 5.41) is 0. The molecule has 0 aliphatic heterocycles. The highest BCUT2D eigenvalue weighted by Gasteiger charge is 2.27. The van der Waals surface area contributed by atoms with Crippen molar-refractivity contribution in [3.05, 3.63) is 71.8 Å². The number of nitrogens with zero attached hydrogens (tertiary/aromatic N) is 1. The Bertz CT molecular complexity index is 661. The van der Waals surface area contributed by atoms with Crippen LogP contribution in [-0.4, -0.2) is 37.0 Å². The second kappa shape index (κ2) is 11.2. The van der Waals surface area contributed by atoms with Crippen LogP contribution in [0.1, 0.15) is 49.7 Å². The molecule has 0 N–H and O–H groups in total. The van der Waals surface area contributed by atoms with Gasteiger partial charge in [-0.15, -0.1) is 0 Å². The molecular formula is C23H29NO3. The van der Waals surface area contributed by atoms with Crippen LogP contribution in [0.15, 0.2) is 60.7 Å². The van der Waals surface area contributed by atoms with Crippen LogP contribution in [0.5, 0.6) is 0 Å². The van der Waals surface area contributed by atoms with Gasteiger partial charge in [0.2, 0.25) is 5.91 Å². The van der Waals surface area contributed by atoms with E-state index in [0.717, 1.165) is 30.4 Å². The Kier molecular flexibility index (Phi) is 8.56. The highest BCUT2D eigenvalue weighted by atomic mass is 16.5. The predicted molar refractivity (Wildman–Crippen MR) is 107 cm³/mol. The van der Waals surface area contributed by atoms with Crippen LogP contribution in [0.25, 0.3) is 0 Å². The fourth-order valence-corrected chi connectivity index (χ4v) is 3.16. The molecule has 2 aromatic rings. The van der Waals surface area contributed by atoms with E-state index in [4.69, 9.17) is 4.74 Å². The summed E-state index contributed by atoms with van der Waals surface area (Å²) >= 11 is 0. The third-order valence-corrected chi connectivity index (χ3v) is 4.67. The molecule has 27 heavy (non-hydrogen) atoms. The number of esters is 1. The van der Waals surface area contributed by atoms with E-state index in [0.29, 0.717) is 13.1 Å². The van der Waals surface area contributed by atoms with Crippen LogP contribution in [0.4, 0.5) is 0 Å². The van der Waals surface area contributed by atoms with Crippen LogP contribution in [0.2, 0.25) is 0 Å². The Labute approximate surface area is 162 Å². The summed E-state index contributed by atoms with van der Waals surface area (Å²) in [5.41, 5.74) is 1.93. The Balaban J connectivity index is 2.28. The van der Waals surface area contributed by atoms with Crippen LogP contribution >= 0.6 is 0 Å². The maximum absolute atomic E-state index is 13.5. The molecule has 2 rings (SSSR count). The topological polar surface area (TPSA) is 46.6 Å². The van der Waals surface area contributed by atoms with Gasteiger partial charge in [-0.1, -0.05) is 80.4 Å². The van der Waals surface area contributed by atoms with Gasteiger partial charge >= 0.3 is 5.97 Å². The number of rotatable bonds is 10. The minimum Gasteiger partial charge on any atom is -0.469 e. The van der Waals surface area contributed by atoms with Gasteiger partial charge in [0.05, 0.1) is 19.4 Å². The van der Waals surface area contributed by atoms with Crippen LogP contribution in [-0.2, 0) is 14.3 Å². The summed E-state index contributed by atoms with van der Waals surface area (Å²) < 4.78 is 4.76. The first kappa shape index (κ1) is 20.7. The monoisotopic (exact) mass is 367 g/mol. The predicted octanol–water partition coefficient (Wildman–Crippen LogP) is 4.40. The largest absolute Gasteiger partial charge is 0.469 e. The van der Waals surface area contributed by atoms with Gasteiger partial charge in [0.1, 0.15) is 0 Å². The SMILES string of the molecule is CCCCCN(CCC(=O)OC)C(=O)C(c1ccccc1)c1ccccc1. The number of hydrogen-bond donors (Lipinski definition) is 0. The maximum atomic E-state index is 13.5. The zero-order chi connectivity index (χ0) is 19.5. The van der Waals surface area contributed by atoms with Crippen molar-refractivity contribution in [1.29, 1.82) is 0 Å². The number of amides is 1. The first-order chi connectivity index (χ1) is 13.2. The van der Waals surface area contributed by atoms with E-state index >= 15 is 0 Å². The third-order valence-electron chi connectivity index (χ3n) is 4.67. The average Bonchev–Trinajstić information content (AvgIpc) is 2.72. The summed E-state index contributed by atoms with van der Waals surface area (Å²) in [7, 11) is 1.38. The third kappa shape index (κ3) is 6.24. The molecule has 1 amide bonds. The Morgan fingerprint density at radius 2 is 1.44 bits per heavy atom. The van der Waals surface area contributed by atoms with Crippen LogP contribution in [0, 0.1) is 0 Å². The number of unbranched alkanes of at least 4 members (excludes halogenated alkanes) is 2.